The van der Waals surface area contributed by atoms with Gasteiger partial charge in [-0.05, 0) is 37.5 Å². The summed E-state index contributed by atoms with van der Waals surface area (Å²) in [5, 5.41) is 2.85. The van der Waals surface area contributed by atoms with E-state index >= 15 is 0 Å². The van der Waals surface area contributed by atoms with Gasteiger partial charge in [-0.15, -0.1) is 0 Å². The number of hydrogen-bond donors (Lipinski definition) is 1. The van der Waals surface area contributed by atoms with Crippen molar-refractivity contribution in [3.63, 3.8) is 0 Å². The van der Waals surface area contributed by atoms with Crippen LogP contribution >= 0.6 is 0 Å². The van der Waals surface area contributed by atoms with Gasteiger partial charge in [0.1, 0.15) is 5.75 Å². The number of esters is 1. The molecular weight excluding hydrogens is 342 g/mol. The highest BCUT2D eigenvalue weighted by atomic mass is 16.5. The van der Waals surface area contributed by atoms with E-state index in [1.165, 1.54) is 0 Å². The molecule has 2 aromatic carbocycles. The largest absolute Gasteiger partial charge is 0.496 e. The molecule has 1 N–H and O–H groups in total. The molecule has 0 spiro atoms. The summed E-state index contributed by atoms with van der Waals surface area (Å²) < 4.78 is 10.8. The van der Waals surface area contributed by atoms with Crippen molar-refractivity contribution in [2.24, 2.45) is 0 Å². The zero-order valence-corrected chi connectivity index (χ0v) is 15.5. The molecule has 2 aromatic rings. The van der Waals surface area contributed by atoms with Crippen molar-refractivity contribution < 1.29 is 19.1 Å². The van der Waals surface area contributed by atoms with Gasteiger partial charge in [-0.2, -0.15) is 0 Å². The van der Waals surface area contributed by atoms with Crippen LogP contribution < -0.4 is 10.1 Å². The minimum absolute atomic E-state index is 0.219. The Morgan fingerprint density at radius 1 is 1.07 bits per heavy atom. The molecule has 0 saturated heterocycles. The van der Waals surface area contributed by atoms with E-state index in [9.17, 15) is 9.59 Å². The van der Waals surface area contributed by atoms with Crippen LogP contribution in [0.25, 0.3) is 11.6 Å². The van der Waals surface area contributed by atoms with E-state index in [0.29, 0.717) is 16.9 Å². The lowest BCUT2D eigenvalue weighted by Gasteiger charge is -2.15. The van der Waals surface area contributed by atoms with Crippen LogP contribution in [0.3, 0.4) is 0 Å². The molecule has 1 fully saturated rings. The molecule has 0 bridgehead atoms. The molecule has 5 nitrogen and oxygen atoms in total. The topological polar surface area (TPSA) is 64.6 Å². The quantitative estimate of drug-likeness (QED) is 0.464. The Balaban J connectivity index is 1.86. The molecule has 0 unspecified atom stereocenters. The van der Waals surface area contributed by atoms with Gasteiger partial charge < -0.3 is 14.8 Å². The summed E-state index contributed by atoms with van der Waals surface area (Å²) in [7, 11) is 1.58. The van der Waals surface area contributed by atoms with Crippen LogP contribution in [0.1, 0.15) is 30.9 Å². The van der Waals surface area contributed by atoms with Crippen molar-refractivity contribution in [3.8, 4) is 5.75 Å². The Hall–Kier alpha value is -3.08. The molecule has 140 valence electrons. The summed E-state index contributed by atoms with van der Waals surface area (Å²) in [6.07, 6.45) is 2.83. The van der Waals surface area contributed by atoms with Crippen molar-refractivity contribution in [1.29, 1.82) is 0 Å². The number of para-hydroxylation sites is 1. The van der Waals surface area contributed by atoms with Crippen LogP contribution in [0.4, 0.5) is 0 Å². The third kappa shape index (κ3) is 4.97. The van der Waals surface area contributed by atoms with E-state index in [1.54, 1.807) is 20.1 Å². The van der Waals surface area contributed by atoms with Crippen molar-refractivity contribution >= 4 is 23.5 Å². The first kappa shape index (κ1) is 18.7. The van der Waals surface area contributed by atoms with Gasteiger partial charge in [-0.1, -0.05) is 48.5 Å². The van der Waals surface area contributed by atoms with E-state index in [0.717, 1.165) is 18.4 Å². The molecule has 5 heteroatoms. The summed E-state index contributed by atoms with van der Waals surface area (Å²) in [5.74, 6) is -0.167. The van der Waals surface area contributed by atoms with Crippen LogP contribution in [0, 0.1) is 0 Å². The van der Waals surface area contributed by atoms with Crippen LogP contribution in [0.5, 0.6) is 5.75 Å². The number of amides is 1. The maximum absolute atomic E-state index is 12.9. The third-order valence-electron chi connectivity index (χ3n) is 4.32. The Morgan fingerprint density at radius 2 is 1.74 bits per heavy atom. The van der Waals surface area contributed by atoms with Crippen molar-refractivity contribution in [2.45, 2.75) is 31.9 Å². The van der Waals surface area contributed by atoms with Crippen LogP contribution in [0.2, 0.25) is 0 Å². The molecule has 3 rings (SSSR count). The second-order valence-electron chi connectivity index (χ2n) is 6.50. The summed E-state index contributed by atoms with van der Waals surface area (Å²) in [6.45, 7) is 1.58. The molecule has 0 aromatic heterocycles. The molecule has 1 amide bonds. The minimum Gasteiger partial charge on any atom is -0.496 e. The average Bonchev–Trinajstić information content (AvgIpc) is 3.50. The molecule has 27 heavy (non-hydrogen) atoms. The van der Waals surface area contributed by atoms with E-state index in [2.05, 4.69) is 5.32 Å². The van der Waals surface area contributed by atoms with Gasteiger partial charge in [-0.25, -0.2) is 4.79 Å². The predicted octanol–water partition coefficient (Wildman–Crippen LogP) is 3.45. The van der Waals surface area contributed by atoms with Gasteiger partial charge in [-0.3, -0.25) is 4.79 Å². The standard InChI is InChI=1S/C22H23NO4/c1-15(21(24)23-18-12-13-18)27-22(25)19(16-8-4-3-5-9-16)14-17-10-6-7-11-20(17)26-2/h3-11,14-15,18H,12-13H2,1-2H3,(H,23,24)/b19-14+/t15-/m1/s1. The summed E-state index contributed by atoms with van der Waals surface area (Å²) in [4.78, 5) is 25.0. The molecule has 1 saturated carbocycles. The summed E-state index contributed by atoms with van der Waals surface area (Å²) >= 11 is 0. The number of rotatable bonds is 7. The number of ether oxygens (including phenoxy) is 2. The maximum Gasteiger partial charge on any atom is 0.339 e. The minimum atomic E-state index is -0.858. The van der Waals surface area contributed by atoms with Gasteiger partial charge in [0.2, 0.25) is 0 Å². The van der Waals surface area contributed by atoms with E-state index in [-0.39, 0.29) is 11.9 Å². The lowest BCUT2D eigenvalue weighted by atomic mass is 10.0. The fourth-order valence-corrected chi connectivity index (χ4v) is 2.64. The second-order valence-corrected chi connectivity index (χ2v) is 6.50. The first-order valence-corrected chi connectivity index (χ1v) is 9.00. The van der Waals surface area contributed by atoms with Crippen molar-refractivity contribution in [3.05, 3.63) is 65.7 Å². The highest BCUT2D eigenvalue weighted by Crippen LogP contribution is 2.26. The second kappa shape index (κ2) is 8.54. The van der Waals surface area contributed by atoms with E-state index in [4.69, 9.17) is 9.47 Å². The van der Waals surface area contributed by atoms with Crippen molar-refractivity contribution in [1.82, 2.24) is 5.32 Å². The van der Waals surface area contributed by atoms with E-state index < -0.39 is 12.1 Å². The Labute approximate surface area is 159 Å². The number of methoxy groups -OCH3 is 1. The van der Waals surface area contributed by atoms with Gasteiger partial charge >= 0.3 is 5.97 Å². The number of hydrogen-bond acceptors (Lipinski definition) is 4. The van der Waals surface area contributed by atoms with E-state index in [1.807, 2.05) is 54.6 Å². The molecule has 0 heterocycles. The lowest BCUT2D eigenvalue weighted by molar-refractivity contribution is -0.149. The number of nitrogens with one attached hydrogen (secondary N) is 1. The number of benzene rings is 2. The first-order valence-electron chi connectivity index (χ1n) is 9.00. The Kier molecular flexibility index (Phi) is 5.91. The monoisotopic (exact) mass is 365 g/mol. The first-order chi connectivity index (χ1) is 13.1. The third-order valence-corrected chi connectivity index (χ3v) is 4.32. The number of carbonyl (C=O) groups is 2. The average molecular weight is 365 g/mol. The van der Waals surface area contributed by atoms with Crippen LogP contribution in [-0.4, -0.2) is 31.1 Å². The Morgan fingerprint density at radius 3 is 2.41 bits per heavy atom. The predicted molar refractivity (Wildman–Crippen MR) is 104 cm³/mol. The van der Waals surface area contributed by atoms with Gasteiger partial charge in [0.25, 0.3) is 5.91 Å². The zero-order chi connectivity index (χ0) is 19.2. The molecule has 0 aliphatic heterocycles. The maximum atomic E-state index is 12.9. The molecule has 0 radical (unpaired) electrons. The number of carbonyl (C=O) groups excluding carboxylic acids is 2. The van der Waals surface area contributed by atoms with Crippen LogP contribution in [-0.2, 0) is 14.3 Å². The highest BCUT2D eigenvalue weighted by Gasteiger charge is 2.28. The fraction of sp³-hybridized carbons (Fsp3) is 0.273. The normalized spacial score (nSPS) is 15.0. The molecular formula is C22H23NO4. The van der Waals surface area contributed by atoms with Crippen molar-refractivity contribution in [2.75, 3.05) is 7.11 Å². The zero-order valence-electron chi connectivity index (χ0n) is 15.5. The smallest absolute Gasteiger partial charge is 0.339 e. The van der Waals surface area contributed by atoms with Gasteiger partial charge in [0.05, 0.1) is 12.7 Å². The van der Waals surface area contributed by atoms with Gasteiger partial charge in [0.15, 0.2) is 6.10 Å². The summed E-state index contributed by atoms with van der Waals surface area (Å²) in [5.41, 5.74) is 1.83. The molecule has 1 aliphatic rings. The molecule has 1 atom stereocenters. The summed E-state index contributed by atoms with van der Waals surface area (Å²) in [6, 6.07) is 16.9. The fourth-order valence-electron chi connectivity index (χ4n) is 2.64. The lowest BCUT2D eigenvalue weighted by Crippen LogP contribution is -2.37. The highest BCUT2D eigenvalue weighted by molar-refractivity contribution is 6.22. The Bertz CT molecular complexity index is 840. The molecule has 1 aliphatic carbocycles. The van der Waals surface area contributed by atoms with Crippen LogP contribution in [0.15, 0.2) is 54.6 Å². The SMILES string of the molecule is COc1ccccc1/C=C(/C(=O)O[C@H](C)C(=O)NC1CC1)c1ccccc1. The van der Waals surface area contributed by atoms with Gasteiger partial charge in [0, 0.05) is 11.6 Å².